The summed E-state index contributed by atoms with van der Waals surface area (Å²) in [4.78, 5) is 21.5. The Kier molecular flexibility index (Phi) is 2.90. The van der Waals surface area contributed by atoms with Gasteiger partial charge in [0.1, 0.15) is 6.10 Å². The molecular formula is C12H13NO3. The molecule has 0 fully saturated rings. The second kappa shape index (κ2) is 4.35. The van der Waals surface area contributed by atoms with Gasteiger partial charge < -0.3 is 10.1 Å². The minimum atomic E-state index is -0.293. The van der Waals surface area contributed by atoms with Gasteiger partial charge in [0.05, 0.1) is 6.04 Å². The topological polar surface area (TPSA) is 55.4 Å². The van der Waals surface area contributed by atoms with Gasteiger partial charge in [0.2, 0.25) is 5.91 Å². The van der Waals surface area contributed by atoms with Gasteiger partial charge in [-0.15, -0.1) is 0 Å². The Balaban J connectivity index is 2.27. The molecule has 4 nitrogen and oxygen atoms in total. The van der Waals surface area contributed by atoms with Crippen LogP contribution >= 0.6 is 0 Å². The summed E-state index contributed by atoms with van der Waals surface area (Å²) in [5, 5.41) is 2.81. The van der Waals surface area contributed by atoms with Crippen LogP contribution in [0.3, 0.4) is 0 Å². The molecule has 4 heteroatoms. The third-order valence-corrected chi connectivity index (χ3v) is 2.77. The van der Waals surface area contributed by atoms with Crippen molar-refractivity contribution in [2.75, 3.05) is 0 Å². The van der Waals surface area contributed by atoms with E-state index < -0.39 is 0 Å². The Morgan fingerprint density at radius 3 is 2.94 bits per heavy atom. The van der Waals surface area contributed by atoms with Gasteiger partial charge in [-0.1, -0.05) is 24.3 Å². The molecule has 84 valence electrons. The summed E-state index contributed by atoms with van der Waals surface area (Å²) in [5.74, 6) is -0.124. The zero-order valence-corrected chi connectivity index (χ0v) is 8.97. The number of hydrogen-bond acceptors (Lipinski definition) is 3. The number of amides is 1. The summed E-state index contributed by atoms with van der Waals surface area (Å²) in [6, 6.07) is 7.56. The van der Waals surface area contributed by atoms with E-state index in [2.05, 4.69) is 5.32 Å². The SMILES string of the molecule is CC(=O)N[C@@H]1c2ccccc2C[C@@H]1OC=O. The van der Waals surface area contributed by atoms with Crippen LogP contribution in [-0.4, -0.2) is 18.5 Å². The highest BCUT2D eigenvalue weighted by atomic mass is 16.5. The van der Waals surface area contributed by atoms with Gasteiger partial charge in [0.25, 0.3) is 6.47 Å². The molecule has 0 aromatic heterocycles. The quantitative estimate of drug-likeness (QED) is 0.770. The zero-order valence-electron chi connectivity index (χ0n) is 8.97. The number of ether oxygens (including phenoxy) is 1. The standard InChI is InChI=1S/C12H13NO3/c1-8(15)13-12-10-5-3-2-4-9(10)6-11(12)16-7-14/h2-5,7,11-12H,6H2,1H3,(H,13,15)/t11-,12+/m0/s1. The van der Waals surface area contributed by atoms with Crippen LogP contribution in [0.25, 0.3) is 0 Å². The molecule has 1 aromatic rings. The van der Waals surface area contributed by atoms with Crippen molar-refractivity contribution in [1.82, 2.24) is 5.32 Å². The molecule has 1 amide bonds. The largest absolute Gasteiger partial charge is 0.462 e. The Hall–Kier alpha value is -1.84. The second-order valence-electron chi connectivity index (χ2n) is 3.85. The average Bonchev–Trinajstić information content (AvgIpc) is 2.57. The Morgan fingerprint density at radius 1 is 1.50 bits per heavy atom. The van der Waals surface area contributed by atoms with Crippen LogP contribution < -0.4 is 5.32 Å². The lowest BCUT2D eigenvalue weighted by molar-refractivity contribution is -0.136. The van der Waals surface area contributed by atoms with Crippen LogP contribution in [0, 0.1) is 0 Å². The number of hydrogen-bond donors (Lipinski definition) is 1. The van der Waals surface area contributed by atoms with E-state index in [1.165, 1.54) is 6.92 Å². The Morgan fingerprint density at radius 2 is 2.25 bits per heavy atom. The van der Waals surface area contributed by atoms with E-state index in [0.29, 0.717) is 12.9 Å². The summed E-state index contributed by atoms with van der Waals surface area (Å²) in [6.45, 7) is 1.89. The second-order valence-corrected chi connectivity index (χ2v) is 3.85. The van der Waals surface area contributed by atoms with Gasteiger partial charge >= 0.3 is 0 Å². The van der Waals surface area contributed by atoms with E-state index in [0.717, 1.165) is 11.1 Å². The van der Waals surface area contributed by atoms with Crippen molar-refractivity contribution in [3.8, 4) is 0 Å². The fourth-order valence-corrected chi connectivity index (χ4v) is 2.15. The molecule has 0 saturated heterocycles. The van der Waals surface area contributed by atoms with Gasteiger partial charge in [-0.25, -0.2) is 0 Å². The van der Waals surface area contributed by atoms with Gasteiger partial charge in [0.15, 0.2) is 0 Å². The molecule has 0 heterocycles. The minimum absolute atomic E-state index is 0.124. The smallest absolute Gasteiger partial charge is 0.293 e. The summed E-state index contributed by atoms with van der Waals surface area (Å²) >= 11 is 0. The normalized spacial score (nSPS) is 22.3. The van der Waals surface area contributed by atoms with E-state index in [1.807, 2.05) is 24.3 Å². The van der Waals surface area contributed by atoms with Crippen LogP contribution in [0.5, 0.6) is 0 Å². The van der Waals surface area contributed by atoms with Crippen LogP contribution in [0.2, 0.25) is 0 Å². The Bertz CT molecular complexity index is 416. The first kappa shape index (κ1) is 10.7. The first-order chi connectivity index (χ1) is 7.72. The maximum atomic E-state index is 11.1. The van der Waals surface area contributed by atoms with Crippen molar-refractivity contribution >= 4 is 12.4 Å². The molecule has 0 aliphatic heterocycles. The van der Waals surface area contributed by atoms with Crippen molar-refractivity contribution in [1.29, 1.82) is 0 Å². The fourth-order valence-electron chi connectivity index (χ4n) is 2.15. The average molecular weight is 219 g/mol. The molecule has 1 aliphatic carbocycles. The van der Waals surface area contributed by atoms with Crippen molar-refractivity contribution in [2.45, 2.75) is 25.5 Å². The lowest BCUT2D eigenvalue weighted by Gasteiger charge is -2.19. The third kappa shape index (κ3) is 1.91. The van der Waals surface area contributed by atoms with Gasteiger partial charge in [0, 0.05) is 13.3 Å². The highest BCUT2D eigenvalue weighted by molar-refractivity contribution is 5.74. The number of rotatable bonds is 3. The monoisotopic (exact) mass is 219 g/mol. The van der Waals surface area contributed by atoms with Gasteiger partial charge in [-0.2, -0.15) is 0 Å². The number of carbonyl (C=O) groups excluding carboxylic acids is 2. The lowest BCUT2D eigenvalue weighted by atomic mass is 10.1. The maximum Gasteiger partial charge on any atom is 0.293 e. The molecule has 0 saturated carbocycles. The molecule has 1 aliphatic rings. The fraction of sp³-hybridized carbons (Fsp3) is 0.333. The summed E-state index contributed by atoms with van der Waals surface area (Å²) in [6.07, 6.45) is 0.360. The molecule has 2 rings (SSSR count). The first-order valence-corrected chi connectivity index (χ1v) is 5.16. The zero-order chi connectivity index (χ0) is 11.5. The lowest BCUT2D eigenvalue weighted by Crippen LogP contribution is -2.33. The van der Waals surface area contributed by atoms with Gasteiger partial charge in [-0.05, 0) is 11.1 Å². The van der Waals surface area contributed by atoms with E-state index in [9.17, 15) is 9.59 Å². The van der Waals surface area contributed by atoms with Crippen molar-refractivity contribution < 1.29 is 14.3 Å². The minimum Gasteiger partial charge on any atom is -0.462 e. The molecule has 1 aromatic carbocycles. The highest BCUT2D eigenvalue weighted by Gasteiger charge is 2.33. The molecule has 0 bridgehead atoms. The van der Waals surface area contributed by atoms with Crippen LogP contribution in [-0.2, 0) is 20.7 Å². The predicted octanol–water partition coefficient (Wildman–Crippen LogP) is 0.962. The van der Waals surface area contributed by atoms with E-state index in [1.54, 1.807) is 0 Å². The molecule has 0 unspecified atom stereocenters. The number of carbonyl (C=O) groups is 2. The van der Waals surface area contributed by atoms with Gasteiger partial charge in [-0.3, -0.25) is 9.59 Å². The van der Waals surface area contributed by atoms with Crippen LogP contribution in [0.4, 0.5) is 0 Å². The number of benzene rings is 1. The van der Waals surface area contributed by atoms with Crippen molar-refractivity contribution in [3.63, 3.8) is 0 Å². The van der Waals surface area contributed by atoms with E-state index >= 15 is 0 Å². The molecule has 1 N–H and O–H groups in total. The predicted molar refractivity (Wildman–Crippen MR) is 57.6 cm³/mol. The van der Waals surface area contributed by atoms with Crippen LogP contribution in [0.15, 0.2) is 24.3 Å². The van der Waals surface area contributed by atoms with E-state index in [-0.39, 0.29) is 18.1 Å². The maximum absolute atomic E-state index is 11.1. The molecule has 2 atom stereocenters. The highest BCUT2D eigenvalue weighted by Crippen LogP contribution is 2.32. The number of fused-ring (bicyclic) bond motifs is 1. The summed E-state index contributed by atoms with van der Waals surface area (Å²) in [5.41, 5.74) is 2.15. The molecular weight excluding hydrogens is 206 g/mol. The number of nitrogens with one attached hydrogen (secondary N) is 1. The third-order valence-electron chi connectivity index (χ3n) is 2.77. The molecule has 16 heavy (non-hydrogen) atoms. The van der Waals surface area contributed by atoms with Crippen molar-refractivity contribution in [3.05, 3.63) is 35.4 Å². The molecule has 0 spiro atoms. The Labute approximate surface area is 93.6 Å². The molecule has 0 radical (unpaired) electrons. The summed E-state index contributed by atoms with van der Waals surface area (Å²) < 4.78 is 5.00. The summed E-state index contributed by atoms with van der Waals surface area (Å²) in [7, 11) is 0. The van der Waals surface area contributed by atoms with Crippen molar-refractivity contribution in [2.24, 2.45) is 0 Å². The van der Waals surface area contributed by atoms with Crippen LogP contribution in [0.1, 0.15) is 24.1 Å². The first-order valence-electron chi connectivity index (χ1n) is 5.16. The van der Waals surface area contributed by atoms with E-state index in [4.69, 9.17) is 4.74 Å².